The lowest BCUT2D eigenvalue weighted by Crippen LogP contribution is -2.46. The largest absolute Gasteiger partial charge is 0.481 e. The van der Waals surface area contributed by atoms with Gasteiger partial charge < -0.3 is 5.11 Å². The first-order valence-corrected chi connectivity index (χ1v) is 6.13. The number of hydrogen-bond donors (Lipinski definition) is 1. The average Bonchev–Trinajstić information content (AvgIpc) is 2.13. The molecule has 0 spiro atoms. The molecule has 0 aromatic carbocycles. The van der Waals surface area contributed by atoms with Crippen LogP contribution in [-0.2, 0) is 4.79 Å². The maximum absolute atomic E-state index is 12.3. The number of carbonyl (C=O) groups is 1. The Hall–Kier alpha value is -0.780. The van der Waals surface area contributed by atoms with E-state index in [1.165, 1.54) is 7.05 Å². The van der Waals surface area contributed by atoms with Gasteiger partial charge in [-0.3, -0.25) is 9.69 Å². The zero-order valence-corrected chi connectivity index (χ0v) is 10.8. The number of carboxylic acids is 1. The molecule has 0 saturated heterocycles. The van der Waals surface area contributed by atoms with E-state index in [9.17, 15) is 23.1 Å². The first kappa shape index (κ1) is 15.3. The normalized spacial score (nSPS) is 29.6. The highest BCUT2D eigenvalue weighted by atomic mass is 19.4. The molecular formula is C12H20F3NO2. The maximum atomic E-state index is 12.3. The van der Waals surface area contributed by atoms with E-state index in [1.54, 1.807) is 0 Å². The van der Waals surface area contributed by atoms with Crippen LogP contribution < -0.4 is 0 Å². The molecular weight excluding hydrogens is 247 g/mol. The molecule has 0 bridgehead atoms. The summed E-state index contributed by atoms with van der Waals surface area (Å²) >= 11 is 0. The second-order valence-corrected chi connectivity index (χ2v) is 5.57. The van der Waals surface area contributed by atoms with Crippen molar-refractivity contribution in [2.45, 2.75) is 38.8 Å². The highest BCUT2D eigenvalue weighted by Crippen LogP contribution is 2.40. The van der Waals surface area contributed by atoms with Crippen molar-refractivity contribution < 1.29 is 23.1 Å². The van der Waals surface area contributed by atoms with Crippen molar-refractivity contribution in [3.63, 3.8) is 0 Å². The van der Waals surface area contributed by atoms with Gasteiger partial charge in [-0.05, 0) is 25.8 Å². The smallest absolute Gasteiger partial charge is 0.401 e. The molecule has 106 valence electrons. The molecule has 1 saturated carbocycles. The first-order chi connectivity index (χ1) is 8.15. The van der Waals surface area contributed by atoms with Gasteiger partial charge in [0.1, 0.15) is 0 Å². The molecule has 0 aliphatic heterocycles. The van der Waals surface area contributed by atoms with Gasteiger partial charge in [-0.1, -0.05) is 19.8 Å². The van der Waals surface area contributed by atoms with Crippen LogP contribution in [0.2, 0.25) is 0 Å². The van der Waals surface area contributed by atoms with Crippen molar-refractivity contribution in [1.82, 2.24) is 4.90 Å². The summed E-state index contributed by atoms with van der Waals surface area (Å²) in [6.45, 7) is 0.864. The second kappa shape index (κ2) is 5.47. The van der Waals surface area contributed by atoms with E-state index in [4.69, 9.17) is 0 Å². The number of alkyl halides is 3. The standard InChI is InChI=1S/C12H20F3NO2/c1-9-4-3-5-11(6-9,10(17)18)7-16(2)8-12(13,14)15/h9H,3-8H2,1-2H3,(H,17,18). The lowest BCUT2D eigenvalue weighted by atomic mass is 9.70. The van der Waals surface area contributed by atoms with Crippen LogP contribution in [0, 0.1) is 11.3 Å². The predicted molar refractivity (Wildman–Crippen MR) is 61.3 cm³/mol. The number of hydrogen-bond acceptors (Lipinski definition) is 2. The van der Waals surface area contributed by atoms with Crippen molar-refractivity contribution in [1.29, 1.82) is 0 Å². The minimum Gasteiger partial charge on any atom is -0.481 e. The SMILES string of the molecule is CC1CCCC(CN(C)CC(F)(F)F)(C(=O)O)C1. The van der Waals surface area contributed by atoms with Gasteiger partial charge in [0.05, 0.1) is 12.0 Å². The van der Waals surface area contributed by atoms with Gasteiger partial charge >= 0.3 is 12.1 Å². The predicted octanol–water partition coefficient (Wildman–Crippen LogP) is 2.76. The quantitative estimate of drug-likeness (QED) is 0.851. The monoisotopic (exact) mass is 267 g/mol. The van der Waals surface area contributed by atoms with Crippen molar-refractivity contribution in [2.75, 3.05) is 20.1 Å². The van der Waals surface area contributed by atoms with Crippen LogP contribution in [0.4, 0.5) is 13.2 Å². The van der Waals surface area contributed by atoms with Crippen LogP contribution in [0.1, 0.15) is 32.6 Å². The highest BCUT2D eigenvalue weighted by Gasteiger charge is 2.43. The van der Waals surface area contributed by atoms with E-state index >= 15 is 0 Å². The Kier molecular flexibility index (Phi) is 4.64. The molecule has 2 atom stereocenters. The minimum atomic E-state index is -4.28. The number of halogens is 3. The summed E-state index contributed by atoms with van der Waals surface area (Å²) in [5.41, 5.74) is -1.02. The zero-order valence-electron chi connectivity index (χ0n) is 10.8. The van der Waals surface area contributed by atoms with E-state index < -0.39 is 24.1 Å². The van der Waals surface area contributed by atoms with Crippen LogP contribution >= 0.6 is 0 Å². The van der Waals surface area contributed by atoms with Gasteiger partial charge in [-0.2, -0.15) is 13.2 Å². The molecule has 0 heterocycles. The molecule has 6 heteroatoms. The van der Waals surface area contributed by atoms with Gasteiger partial charge in [-0.25, -0.2) is 0 Å². The molecule has 0 radical (unpaired) electrons. The fourth-order valence-corrected chi connectivity index (χ4v) is 2.94. The van der Waals surface area contributed by atoms with E-state index in [0.29, 0.717) is 12.8 Å². The van der Waals surface area contributed by atoms with Crippen LogP contribution in [0.5, 0.6) is 0 Å². The molecule has 1 rings (SSSR count). The van der Waals surface area contributed by atoms with Gasteiger partial charge in [0.2, 0.25) is 0 Å². The Morgan fingerprint density at radius 1 is 1.50 bits per heavy atom. The number of aliphatic carboxylic acids is 1. The lowest BCUT2D eigenvalue weighted by molar-refractivity contribution is -0.162. The number of rotatable bonds is 4. The molecule has 0 aromatic heterocycles. The number of carboxylic acid groups (broad SMARTS) is 1. The summed E-state index contributed by atoms with van der Waals surface area (Å²) in [6.07, 6.45) is -1.63. The number of nitrogens with zero attached hydrogens (tertiary/aromatic N) is 1. The van der Waals surface area contributed by atoms with Crippen LogP contribution in [0.15, 0.2) is 0 Å². The molecule has 0 aromatic rings. The van der Waals surface area contributed by atoms with E-state index in [1.807, 2.05) is 6.92 Å². The Morgan fingerprint density at radius 3 is 2.56 bits per heavy atom. The molecule has 18 heavy (non-hydrogen) atoms. The van der Waals surface area contributed by atoms with Crippen LogP contribution in [0.3, 0.4) is 0 Å². The molecule has 3 nitrogen and oxygen atoms in total. The molecule has 0 amide bonds. The van der Waals surface area contributed by atoms with Crippen molar-refractivity contribution in [3.05, 3.63) is 0 Å². The summed E-state index contributed by atoms with van der Waals surface area (Å²) in [5, 5.41) is 9.35. The Morgan fingerprint density at radius 2 is 2.11 bits per heavy atom. The maximum Gasteiger partial charge on any atom is 0.401 e. The Balaban J connectivity index is 2.71. The minimum absolute atomic E-state index is 0.0355. The van der Waals surface area contributed by atoms with E-state index in [-0.39, 0.29) is 12.5 Å². The van der Waals surface area contributed by atoms with Gasteiger partial charge in [0.25, 0.3) is 0 Å². The average molecular weight is 267 g/mol. The summed E-state index contributed by atoms with van der Waals surface area (Å²) in [4.78, 5) is 12.5. The fraction of sp³-hybridized carbons (Fsp3) is 0.917. The van der Waals surface area contributed by atoms with Crippen molar-refractivity contribution in [2.24, 2.45) is 11.3 Å². The van der Waals surface area contributed by atoms with Gasteiger partial charge in [0, 0.05) is 6.54 Å². The first-order valence-electron chi connectivity index (χ1n) is 6.13. The molecule has 1 aliphatic carbocycles. The third-order valence-corrected chi connectivity index (χ3v) is 3.57. The summed E-state index contributed by atoms with van der Waals surface area (Å²) in [5.74, 6) is -0.711. The zero-order chi connectivity index (χ0) is 14.0. The van der Waals surface area contributed by atoms with E-state index in [2.05, 4.69) is 0 Å². The molecule has 1 aliphatic rings. The Bertz CT molecular complexity index is 306. The molecule has 2 unspecified atom stereocenters. The van der Waals surface area contributed by atoms with Gasteiger partial charge in [0.15, 0.2) is 0 Å². The molecule has 1 fully saturated rings. The Labute approximate surface area is 105 Å². The van der Waals surface area contributed by atoms with Crippen molar-refractivity contribution >= 4 is 5.97 Å². The van der Waals surface area contributed by atoms with Crippen molar-refractivity contribution in [3.8, 4) is 0 Å². The fourth-order valence-electron chi connectivity index (χ4n) is 2.94. The summed E-state index contributed by atoms with van der Waals surface area (Å²) in [6, 6.07) is 0. The second-order valence-electron chi connectivity index (χ2n) is 5.57. The summed E-state index contributed by atoms with van der Waals surface area (Å²) < 4.78 is 36.8. The third-order valence-electron chi connectivity index (χ3n) is 3.57. The van der Waals surface area contributed by atoms with Crippen LogP contribution in [0.25, 0.3) is 0 Å². The topological polar surface area (TPSA) is 40.5 Å². The third kappa shape index (κ3) is 4.15. The van der Waals surface area contributed by atoms with Crippen LogP contribution in [-0.4, -0.2) is 42.3 Å². The van der Waals surface area contributed by atoms with Gasteiger partial charge in [-0.15, -0.1) is 0 Å². The van der Waals surface area contributed by atoms with E-state index in [0.717, 1.165) is 17.7 Å². The lowest BCUT2D eigenvalue weighted by Gasteiger charge is -2.39. The molecule has 1 N–H and O–H groups in total. The highest BCUT2D eigenvalue weighted by molar-refractivity contribution is 5.75. The summed E-state index contributed by atoms with van der Waals surface area (Å²) in [7, 11) is 1.33.